The first-order valence-corrected chi connectivity index (χ1v) is 12.2. The first-order chi connectivity index (χ1) is 14.7. The van der Waals surface area contributed by atoms with Gasteiger partial charge in [-0.05, 0) is 63.5 Å². The van der Waals surface area contributed by atoms with Crippen molar-refractivity contribution in [2.24, 2.45) is 11.3 Å². The molecule has 0 aromatic carbocycles. The molecule has 0 radical (unpaired) electrons. The number of nitrogens with one attached hydrogen (secondary N) is 1. The molecular weight excluding hydrogens is 402 g/mol. The molecule has 0 spiro atoms. The average molecular weight is 450 g/mol. The number of rotatable bonds is 9. The van der Waals surface area contributed by atoms with Crippen LogP contribution in [-0.4, -0.2) is 65.2 Å². The van der Waals surface area contributed by atoms with Crippen molar-refractivity contribution >= 4 is 17.6 Å². The Hall–Kier alpha value is -1.69. The van der Waals surface area contributed by atoms with Gasteiger partial charge in [-0.3, -0.25) is 19.3 Å². The van der Waals surface area contributed by atoms with E-state index in [-0.39, 0.29) is 35.6 Å². The van der Waals surface area contributed by atoms with Crippen LogP contribution in [0.2, 0.25) is 0 Å². The highest BCUT2D eigenvalue weighted by atomic mass is 16.2. The molecule has 4 atom stereocenters. The van der Waals surface area contributed by atoms with Crippen LogP contribution in [0.3, 0.4) is 0 Å². The minimum absolute atomic E-state index is 0.000364. The van der Waals surface area contributed by atoms with Crippen LogP contribution < -0.4 is 5.32 Å². The quantitative estimate of drug-likeness (QED) is 0.536. The molecule has 6 heteroatoms. The molecule has 0 saturated carbocycles. The van der Waals surface area contributed by atoms with Crippen molar-refractivity contribution < 1.29 is 14.4 Å². The van der Waals surface area contributed by atoms with Crippen molar-refractivity contribution in [2.45, 2.75) is 112 Å². The third kappa shape index (κ3) is 7.43. The molecule has 0 aromatic heterocycles. The largest absolute Gasteiger partial charge is 0.342 e. The Morgan fingerprint density at radius 3 is 2.19 bits per heavy atom. The Kier molecular flexibility index (Phi) is 10.6. The molecule has 2 unspecified atom stereocenters. The molecule has 1 fully saturated rings. The number of hydrogen-bond donors (Lipinski definition) is 1. The number of likely N-dealkylation sites (tertiary alicyclic amines) is 1. The van der Waals surface area contributed by atoms with Crippen LogP contribution in [0.25, 0.3) is 0 Å². The van der Waals surface area contributed by atoms with Crippen molar-refractivity contribution in [1.29, 1.82) is 0 Å². The molecule has 32 heavy (non-hydrogen) atoms. The Bertz CT molecular complexity index is 693. The van der Waals surface area contributed by atoms with Gasteiger partial charge in [-0.2, -0.15) is 0 Å². The summed E-state index contributed by atoms with van der Waals surface area (Å²) in [7, 11) is 1.77. The lowest BCUT2D eigenvalue weighted by Gasteiger charge is -2.41. The normalized spacial score (nSPS) is 21.1. The fourth-order valence-electron chi connectivity index (χ4n) is 4.36. The maximum absolute atomic E-state index is 13.7. The Morgan fingerprint density at radius 2 is 1.72 bits per heavy atom. The number of nitrogens with zero attached hydrogens (tertiary/aromatic N) is 2. The summed E-state index contributed by atoms with van der Waals surface area (Å²) in [4.78, 5) is 42.8. The van der Waals surface area contributed by atoms with Crippen molar-refractivity contribution in [3.05, 3.63) is 11.6 Å². The van der Waals surface area contributed by atoms with Crippen molar-refractivity contribution in [2.75, 3.05) is 13.6 Å². The van der Waals surface area contributed by atoms with Gasteiger partial charge in [0.2, 0.25) is 11.8 Å². The zero-order valence-corrected chi connectivity index (χ0v) is 22.1. The monoisotopic (exact) mass is 449 g/mol. The van der Waals surface area contributed by atoms with Crippen LogP contribution in [0, 0.1) is 11.3 Å². The second kappa shape index (κ2) is 12.0. The predicted octanol–water partition coefficient (Wildman–Crippen LogP) is 4.19. The predicted molar refractivity (Wildman–Crippen MR) is 131 cm³/mol. The molecule has 1 aliphatic rings. The van der Waals surface area contributed by atoms with Crippen LogP contribution in [-0.2, 0) is 14.4 Å². The number of hydrogen-bond acceptors (Lipinski definition) is 4. The highest BCUT2D eigenvalue weighted by Crippen LogP contribution is 2.26. The molecule has 1 saturated heterocycles. The lowest BCUT2D eigenvalue weighted by molar-refractivity contribution is -0.142. The first-order valence-electron chi connectivity index (χ1n) is 12.2. The smallest absolute Gasteiger partial charge is 0.245 e. The summed E-state index contributed by atoms with van der Waals surface area (Å²) >= 11 is 0. The standard InChI is InChI=1S/C26H47N3O3/c1-11-19(5)29-15-13-12-14-21(29)24(31)27-23(26(7,8)9)25(32)28(10)22(17(2)3)16-18(4)20(6)30/h16-17,19,21-23H,11-15H2,1-10H3,(H,27,31)/b18-16+/t19?,21?,22-,23-/m1/s1. The maximum atomic E-state index is 13.7. The summed E-state index contributed by atoms with van der Waals surface area (Å²) in [6, 6.07) is -0.725. The van der Waals surface area contributed by atoms with Crippen LogP contribution >= 0.6 is 0 Å². The van der Waals surface area contributed by atoms with Gasteiger partial charge in [-0.15, -0.1) is 0 Å². The van der Waals surface area contributed by atoms with E-state index < -0.39 is 11.5 Å². The van der Waals surface area contributed by atoms with Crippen LogP contribution in [0.1, 0.15) is 88.0 Å². The molecular formula is C26H47N3O3. The maximum Gasteiger partial charge on any atom is 0.245 e. The third-order valence-corrected chi connectivity index (χ3v) is 6.86. The molecule has 1 aliphatic heterocycles. The van der Waals surface area contributed by atoms with E-state index in [0.29, 0.717) is 11.6 Å². The van der Waals surface area contributed by atoms with Gasteiger partial charge in [-0.1, -0.05) is 54.0 Å². The Morgan fingerprint density at radius 1 is 1.12 bits per heavy atom. The number of carbonyl (C=O) groups is 3. The van der Waals surface area contributed by atoms with Gasteiger partial charge in [0.15, 0.2) is 5.78 Å². The second-order valence-electron chi connectivity index (χ2n) is 10.9. The lowest BCUT2D eigenvalue weighted by Crippen LogP contribution is -2.60. The van der Waals surface area contributed by atoms with Crippen molar-refractivity contribution in [3.8, 4) is 0 Å². The lowest BCUT2D eigenvalue weighted by atomic mass is 9.84. The number of piperidine rings is 1. The molecule has 2 amide bonds. The van der Waals surface area contributed by atoms with E-state index in [1.807, 2.05) is 40.7 Å². The van der Waals surface area contributed by atoms with Gasteiger partial charge >= 0.3 is 0 Å². The summed E-state index contributed by atoms with van der Waals surface area (Å²) in [5, 5.41) is 3.13. The summed E-state index contributed by atoms with van der Waals surface area (Å²) in [5.41, 5.74) is 0.198. The van der Waals surface area contributed by atoms with Gasteiger partial charge in [0.1, 0.15) is 6.04 Å². The fourth-order valence-corrected chi connectivity index (χ4v) is 4.36. The van der Waals surface area contributed by atoms with Crippen molar-refractivity contribution in [1.82, 2.24) is 15.1 Å². The molecule has 6 nitrogen and oxygen atoms in total. The number of carbonyl (C=O) groups excluding carboxylic acids is 3. The Balaban J connectivity index is 3.16. The minimum Gasteiger partial charge on any atom is -0.342 e. The van der Waals surface area contributed by atoms with Gasteiger partial charge in [0, 0.05) is 13.1 Å². The van der Waals surface area contributed by atoms with E-state index >= 15 is 0 Å². The van der Waals surface area contributed by atoms with E-state index in [4.69, 9.17) is 0 Å². The summed E-state index contributed by atoms with van der Waals surface area (Å²) < 4.78 is 0. The van der Waals surface area contributed by atoms with Crippen molar-refractivity contribution in [3.63, 3.8) is 0 Å². The molecule has 1 rings (SSSR count). The van der Waals surface area contributed by atoms with Gasteiger partial charge in [0.25, 0.3) is 0 Å². The molecule has 1 heterocycles. The van der Waals surface area contributed by atoms with E-state index in [2.05, 4.69) is 24.1 Å². The summed E-state index contributed by atoms with van der Waals surface area (Å²) in [6.07, 6.45) is 5.83. The highest BCUT2D eigenvalue weighted by Gasteiger charge is 2.40. The van der Waals surface area contributed by atoms with Crippen LogP contribution in [0.4, 0.5) is 0 Å². The van der Waals surface area contributed by atoms with Crippen LogP contribution in [0.15, 0.2) is 11.6 Å². The highest BCUT2D eigenvalue weighted by molar-refractivity contribution is 5.93. The molecule has 1 N–H and O–H groups in total. The second-order valence-corrected chi connectivity index (χ2v) is 10.9. The zero-order chi connectivity index (χ0) is 24.8. The number of likely N-dealkylation sites (N-methyl/N-ethyl adjacent to an activating group) is 1. The molecule has 0 aromatic rings. The number of ketones is 1. The summed E-state index contributed by atoms with van der Waals surface area (Å²) in [6.45, 7) is 18.6. The zero-order valence-electron chi connectivity index (χ0n) is 22.1. The van der Waals surface area contributed by atoms with E-state index in [1.54, 1.807) is 18.9 Å². The minimum atomic E-state index is -0.645. The van der Waals surface area contributed by atoms with E-state index in [9.17, 15) is 14.4 Å². The van der Waals surface area contributed by atoms with E-state index in [1.165, 1.54) is 6.92 Å². The summed E-state index contributed by atoms with van der Waals surface area (Å²) in [5.74, 6) is -0.0419. The third-order valence-electron chi connectivity index (χ3n) is 6.86. The molecule has 0 aliphatic carbocycles. The van der Waals surface area contributed by atoms with Gasteiger partial charge < -0.3 is 10.2 Å². The SMILES string of the molecule is CCC(C)N1CCCCC1C(=O)N[C@H](C(=O)N(C)[C@H](/C=C(\C)C(C)=O)C(C)C)C(C)(C)C. The number of amides is 2. The first kappa shape index (κ1) is 28.3. The van der Waals surface area contributed by atoms with Gasteiger partial charge in [-0.25, -0.2) is 0 Å². The number of Topliss-reactive ketones (excluding diaryl/α,β-unsaturated/α-hetero) is 1. The van der Waals surface area contributed by atoms with Gasteiger partial charge in [0.05, 0.1) is 12.1 Å². The Labute approximate surface area is 196 Å². The molecule has 0 bridgehead atoms. The van der Waals surface area contributed by atoms with E-state index in [0.717, 1.165) is 32.2 Å². The molecule has 184 valence electrons. The average Bonchev–Trinajstić information content (AvgIpc) is 2.72. The fraction of sp³-hybridized carbons (Fsp3) is 0.808. The van der Waals surface area contributed by atoms with Crippen LogP contribution in [0.5, 0.6) is 0 Å². The number of allylic oxidation sites excluding steroid dienone is 1. The topological polar surface area (TPSA) is 69.7 Å².